The van der Waals surface area contributed by atoms with Crippen molar-refractivity contribution in [2.75, 3.05) is 0 Å². The summed E-state index contributed by atoms with van der Waals surface area (Å²) in [4.78, 5) is 4.05. The number of aromatic nitrogens is 1. The molecule has 0 saturated carbocycles. The molecule has 0 aliphatic rings. The maximum Gasteiger partial charge on any atom is 0.182 e. The van der Waals surface area contributed by atoms with Crippen molar-refractivity contribution >= 4 is 23.3 Å². The number of hydrogen-bond acceptors (Lipinski definition) is 2. The molecule has 13 heavy (non-hydrogen) atoms. The van der Waals surface area contributed by atoms with Crippen molar-refractivity contribution in [3.8, 4) is 0 Å². The second-order valence-electron chi connectivity index (χ2n) is 2.68. The van der Waals surface area contributed by atoms with Gasteiger partial charge in [-0.3, -0.25) is 0 Å². The Balaban J connectivity index is 2.89. The first-order valence-electron chi connectivity index (χ1n) is 3.98. The van der Waals surface area contributed by atoms with Crippen molar-refractivity contribution in [3.05, 3.63) is 42.8 Å². The third-order valence-corrected chi connectivity index (χ3v) is 2.00. The monoisotopic (exact) mass is 171 g/mol. The van der Waals surface area contributed by atoms with Crippen LogP contribution in [-0.4, -0.2) is 4.98 Å². The Morgan fingerprint density at radius 1 is 1.23 bits per heavy atom. The predicted molar refractivity (Wildman–Crippen MR) is 54.2 cm³/mol. The van der Waals surface area contributed by atoms with Crippen LogP contribution in [-0.2, 0) is 0 Å². The molecule has 0 radical (unpaired) electrons. The molecule has 0 bridgehead atoms. The van der Waals surface area contributed by atoms with Crippen LogP contribution < -0.4 is 0 Å². The van der Waals surface area contributed by atoms with Gasteiger partial charge in [-0.15, -0.1) is 0 Å². The summed E-state index contributed by atoms with van der Waals surface area (Å²) >= 11 is 0. The van der Waals surface area contributed by atoms with E-state index in [9.17, 15) is 0 Å². The third-order valence-electron chi connectivity index (χ3n) is 2.00. The molecule has 0 unspecified atom stereocenters. The molecular formula is C11H9NO. The van der Waals surface area contributed by atoms with Crippen molar-refractivity contribution in [3.63, 3.8) is 0 Å². The molecule has 0 amide bonds. The lowest BCUT2D eigenvalue weighted by atomic mass is 10.1. The lowest BCUT2D eigenvalue weighted by Gasteiger charge is -1.99. The Labute approximate surface area is 76.2 Å². The van der Waals surface area contributed by atoms with Gasteiger partial charge in [0.15, 0.2) is 12.0 Å². The zero-order valence-electron chi connectivity index (χ0n) is 7.16. The Kier molecular flexibility index (Phi) is 1.74. The van der Waals surface area contributed by atoms with E-state index in [4.69, 9.17) is 4.42 Å². The average molecular weight is 171 g/mol. The van der Waals surface area contributed by atoms with E-state index in [0.29, 0.717) is 0 Å². The molecule has 2 rings (SSSR count). The normalized spacial score (nSPS) is 10.2. The molecule has 0 N–H and O–H groups in total. The topological polar surface area (TPSA) is 26.0 Å². The molecule has 2 aromatic rings. The summed E-state index contributed by atoms with van der Waals surface area (Å²) in [6.45, 7) is 7.45. The predicted octanol–water partition coefficient (Wildman–Crippen LogP) is 3.11. The number of hydrogen-bond donors (Lipinski definition) is 0. The summed E-state index contributed by atoms with van der Waals surface area (Å²) in [6, 6.07) is 3.86. The lowest BCUT2D eigenvalue weighted by molar-refractivity contribution is 0.601. The SMILES string of the molecule is C=Cc1ccc2ncoc2c1C=C. The van der Waals surface area contributed by atoms with E-state index in [1.54, 1.807) is 12.2 Å². The largest absolute Gasteiger partial charge is 0.443 e. The Bertz CT molecular complexity index is 468. The van der Waals surface area contributed by atoms with Gasteiger partial charge in [-0.1, -0.05) is 31.4 Å². The molecule has 1 heterocycles. The number of nitrogens with zero attached hydrogens (tertiary/aromatic N) is 1. The fourth-order valence-corrected chi connectivity index (χ4v) is 1.35. The molecule has 0 fully saturated rings. The maximum absolute atomic E-state index is 5.25. The van der Waals surface area contributed by atoms with Crippen LogP contribution in [0.1, 0.15) is 11.1 Å². The second-order valence-corrected chi connectivity index (χ2v) is 2.68. The summed E-state index contributed by atoms with van der Waals surface area (Å²) in [6.07, 6.45) is 4.97. The van der Waals surface area contributed by atoms with Gasteiger partial charge in [0.2, 0.25) is 0 Å². The Morgan fingerprint density at radius 2 is 2.08 bits per heavy atom. The molecular weight excluding hydrogens is 162 g/mol. The van der Waals surface area contributed by atoms with Gasteiger partial charge >= 0.3 is 0 Å². The van der Waals surface area contributed by atoms with Crippen LogP contribution in [0.2, 0.25) is 0 Å². The van der Waals surface area contributed by atoms with Crippen molar-refractivity contribution in [2.45, 2.75) is 0 Å². The Morgan fingerprint density at radius 3 is 2.77 bits per heavy atom. The van der Waals surface area contributed by atoms with Crippen LogP contribution in [0.5, 0.6) is 0 Å². The van der Waals surface area contributed by atoms with Gasteiger partial charge in [0, 0.05) is 5.56 Å². The van der Waals surface area contributed by atoms with E-state index < -0.39 is 0 Å². The van der Waals surface area contributed by atoms with E-state index in [1.165, 1.54) is 6.39 Å². The van der Waals surface area contributed by atoms with E-state index in [1.807, 2.05) is 12.1 Å². The molecule has 2 heteroatoms. The fraction of sp³-hybridized carbons (Fsp3) is 0. The standard InChI is InChI=1S/C11H9NO/c1-3-8-5-6-10-11(9(8)4-2)13-7-12-10/h3-7H,1-2H2. The van der Waals surface area contributed by atoms with Crippen molar-refractivity contribution in [2.24, 2.45) is 0 Å². The second kappa shape index (κ2) is 2.90. The molecule has 0 aliphatic heterocycles. The van der Waals surface area contributed by atoms with Crippen LogP contribution in [0, 0.1) is 0 Å². The average Bonchev–Trinajstić information content (AvgIpc) is 2.63. The van der Waals surface area contributed by atoms with E-state index in [-0.39, 0.29) is 0 Å². The highest BCUT2D eigenvalue weighted by molar-refractivity contribution is 5.87. The van der Waals surface area contributed by atoms with Gasteiger partial charge in [-0.05, 0) is 11.6 Å². The van der Waals surface area contributed by atoms with Gasteiger partial charge < -0.3 is 4.42 Å². The van der Waals surface area contributed by atoms with Gasteiger partial charge in [0.25, 0.3) is 0 Å². The van der Waals surface area contributed by atoms with E-state index in [2.05, 4.69) is 18.1 Å². The number of rotatable bonds is 2. The van der Waals surface area contributed by atoms with Crippen LogP contribution in [0.3, 0.4) is 0 Å². The lowest BCUT2D eigenvalue weighted by Crippen LogP contribution is -1.80. The zero-order chi connectivity index (χ0) is 9.26. The first-order chi connectivity index (χ1) is 6.36. The first-order valence-corrected chi connectivity index (χ1v) is 3.98. The van der Waals surface area contributed by atoms with Gasteiger partial charge in [0.05, 0.1) is 0 Å². The van der Waals surface area contributed by atoms with Crippen LogP contribution in [0.25, 0.3) is 23.3 Å². The van der Waals surface area contributed by atoms with E-state index in [0.717, 1.165) is 22.2 Å². The first kappa shape index (κ1) is 7.80. The quantitative estimate of drug-likeness (QED) is 0.693. The van der Waals surface area contributed by atoms with Gasteiger partial charge in [-0.25, -0.2) is 4.98 Å². The van der Waals surface area contributed by atoms with E-state index >= 15 is 0 Å². The highest BCUT2D eigenvalue weighted by Gasteiger charge is 2.05. The summed E-state index contributed by atoms with van der Waals surface area (Å²) < 4.78 is 5.25. The van der Waals surface area contributed by atoms with Gasteiger partial charge in [0.1, 0.15) is 5.52 Å². The number of fused-ring (bicyclic) bond motifs is 1. The number of benzene rings is 1. The summed E-state index contributed by atoms with van der Waals surface area (Å²) in [7, 11) is 0. The van der Waals surface area contributed by atoms with Crippen LogP contribution in [0.4, 0.5) is 0 Å². The van der Waals surface area contributed by atoms with Crippen LogP contribution in [0.15, 0.2) is 36.1 Å². The highest BCUT2D eigenvalue weighted by atomic mass is 16.3. The highest BCUT2D eigenvalue weighted by Crippen LogP contribution is 2.23. The van der Waals surface area contributed by atoms with Crippen molar-refractivity contribution < 1.29 is 4.42 Å². The summed E-state index contributed by atoms with van der Waals surface area (Å²) in [5.74, 6) is 0. The smallest absolute Gasteiger partial charge is 0.182 e. The Hall–Kier alpha value is -1.83. The number of oxazole rings is 1. The summed E-state index contributed by atoms with van der Waals surface area (Å²) in [5.41, 5.74) is 3.58. The van der Waals surface area contributed by atoms with Crippen molar-refractivity contribution in [1.29, 1.82) is 0 Å². The zero-order valence-corrected chi connectivity index (χ0v) is 7.16. The molecule has 64 valence electrons. The third kappa shape index (κ3) is 1.07. The van der Waals surface area contributed by atoms with Gasteiger partial charge in [-0.2, -0.15) is 0 Å². The molecule has 0 aliphatic carbocycles. The minimum atomic E-state index is 0.771. The minimum absolute atomic E-state index is 0.771. The summed E-state index contributed by atoms with van der Waals surface area (Å²) in [5, 5.41) is 0. The molecule has 0 saturated heterocycles. The van der Waals surface area contributed by atoms with Crippen LogP contribution >= 0.6 is 0 Å². The van der Waals surface area contributed by atoms with Crippen molar-refractivity contribution in [1.82, 2.24) is 4.98 Å². The fourth-order valence-electron chi connectivity index (χ4n) is 1.35. The molecule has 0 atom stereocenters. The molecule has 1 aromatic carbocycles. The molecule has 0 spiro atoms. The molecule has 1 aromatic heterocycles. The minimum Gasteiger partial charge on any atom is -0.443 e. The maximum atomic E-state index is 5.25. The molecule has 2 nitrogen and oxygen atoms in total.